The highest BCUT2D eigenvalue weighted by Gasteiger charge is 2.36. The van der Waals surface area contributed by atoms with Crippen molar-refractivity contribution >= 4 is 23.2 Å². The van der Waals surface area contributed by atoms with Crippen LogP contribution in [0.5, 0.6) is 5.75 Å². The first-order valence-corrected chi connectivity index (χ1v) is 7.98. The Morgan fingerprint density at radius 1 is 1.42 bits per heavy atom. The number of halogens is 3. The molecule has 3 rings (SSSR count). The molecular formula is C16H17ClF2N6O. The smallest absolute Gasteiger partial charge is 0.202 e. The van der Waals surface area contributed by atoms with Crippen LogP contribution in [0, 0.1) is 5.82 Å². The number of hydrogen-bond donors (Lipinski definition) is 3. The molecule has 7 nitrogen and oxygen atoms in total. The van der Waals surface area contributed by atoms with Crippen molar-refractivity contribution in [3.63, 3.8) is 0 Å². The molecule has 2 aromatic rings. The van der Waals surface area contributed by atoms with E-state index in [0.29, 0.717) is 5.69 Å². The maximum atomic E-state index is 14.5. The Hall–Kier alpha value is -2.65. The number of ether oxygens (including phenoxy) is 1. The largest absolute Gasteiger partial charge is 0.494 e. The molecule has 26 heavy (non-hydrogen) atoms. The molecule has 1 aromatic heterocycles. The van der Waals surface area contributed by atoms with Gasteiger partial charge in [-0.3, -0.25) is 4.68 Å². The fraction of sp³-hybridized carbons (Fsp3) is 0.250. The maximum Gasteiger partial charge on any atom is 0.202 e. The maximum absolute atomic E-state index is 14.5. The fourth-order valence-electron chi connectivity index (χ4n) is 2.52. The molecule has 0 saturated heterocycles. The quantitative estimate of drug-likeness (QED) is 0.755. The van der Waals surface area contributed by atoms with Crippen molar-refractivity contribution in [1.82, 2.24) is 15.1 Å². The fourth-order valence-corrected chi connectivity index (χ4v) is 2.73. The second kappa shape index (κ2) is 6.93. The molecule has 138 valence electrons. The third-order valence-electron chi connectivity index (χ3n) is 3.84. The minimum Gasteiger partial charge on any atom is -0.494 e. The van der Waals surface area contributed by atoms with Crippen LogP contribution in [0.15, 0.2) is 41.5 Å². The highest BCUT2D eigenvalue weighted by molar-refractivity contribution is 6.31. The van der Waals surface area contributed by atoms with Gasteiger partial charge in [-0.2, -0.15) is 5.10 Å². The molecule has 0 amide bonds. The van der Waals surface area contributed by atoms with E-state index in [1.165, 1.54) is 19.2 Å². The van der Waals surface area contributed by atoms with Gasteiger partial charge < -0.3 is 21.1 Å². The first kappa shape index (κ1) is 18.2. The van der Waals surface area contributed by atoms with Gasteiger partial charge in [-0.25, -0.2) is 13.8 Å². The van der Waals surface area contributed by atoms with Gasteiger partial charge in [0.1, 0.15) is 0 Å². The van der Waals surface area contributed by atoms with Crippen molar-refractivity contribution in [2.24, 2.45) is 17.8 Å². The standard InChI is InChI=1S/C16H17ClF2N6O/c1-25-8-9(6-22-25)23-15-21-7-13(18)16(20,24-15)5-10-11(17)3-4-12(26-2)14(10)19/h3-4,6-8H,5,20H2,1-2H3,(H2,21,23,24). The van der Waals surface area contributed by atoms with Crippen LogP contribution in [-0.4, -0.2) is 28.5 Å². The van der Waals surface area contributed by atoms with Crippen molar-refractivity contribution < 1.29 is 13.5 Å². The summed E-state index contributed by atoms with van der Waals surface area (Å²) in [5.41, 5.74) is 4.93. The number of nitrogens with one attached hydrogen (secondary N) is 2. The van der Waals surface area contributed by atoms with E-state index < -0.39 is 17.3 Å². The molecule has 0 fully saturated rings. The molecule has 10 heteroatoms. The Balaban J connectivity index is 1.91. The zero-order valence-corrected chi connectivity index (χ0v) is 14.8. The number of anilines is 1. The van der Waals surface area contributed by atoms with Gasteiger partial charge in [-0.1, -0.05) is 11.6 Å². The topological polar surface area (TPSA) is 89.5 Å². The highest BCUT2D eigenvalue weighted by atomic mass is 35.5. The predicted octanol–water partition coefficient (Wildman–Crippen LogP) is 2.30. The van der Waals surface area contributed by atoms with Gasteiger partial charge in [0.25, 0.3) is 0 Å². The molecule has 4 N–H and O–H groups in total. The van der Waals surface area contributed by atoms with E-state index in [9.17, 15) is 8.78 Å². The van der Waals surface area contributed by atoms with Crippen molar-refractivity contribution in [1.29, 1.82) is 0 Å². The Morgan fingerprint density at radius 2 is 2.19 bits per heavy atom. The minimum atomic E-state index is -1.83. The average molecular weight is 383 g/mol. The van der Waals surface area contributed by atoms with E-state index in [1.807, 2.05) is 0 Å². The number of benzene rings is 1. The number of aliphatic imine (C=N–C) groups is 1. The number of methoxy groups -OCH3 is 1. The van der Waals surface area contributed by atoms with Crippen LogP contribution >= 0.6 is 11.6 Å². The molecular weight excluding hydrogens is 366 g/mol. The van der Waals surface area contributed by atoms with Crippen LogP contribution in [-0.2, 0) is 13.5 Å². The third kappa shape index (κ3) is 3.49. The van der Waals surface area contributed by atoms with E-state index in [0.717, 1.165) is 6.20 Å². The van der Waals surface area contributed by atoms with Crippen LogP contribution < -0.4 is 21.1 Å². The molecule has 0 bridgehead atoms. The molecule has 1 atom stereocenters. The average Bonchev–Trinajstić information content (AvgIpc) is 3.00. The van der Waals surface area contributed by atoms with E-state index in [1.54, 1.807) is 24.1 Å². The van der Waals surface area contributed by atoms with Gasteiger partial charge in [-0.15, -0.1) is 0 Å². The van der Waals surface area contributed by atoms with Crippen molar-refractivity contribution in [2.45, 2.75) is 12.1 Å². The lowest BCUT2D eigenvalue weighted by atomic mass is 9.98. The van der Waals surface area contributed by atoms with Gasteiger partial charge in [0.15, 0.2) is 23.1 Å². The lowest BCUT2D eigenvalue weighted by Crippen LogP contribution is -2.48. The Morgan fingerprint density at radius 3 is 2.85 bits per heavy atom. The van der Waals surface area contributed by atoms with Crippen LogP contribution in [0.3, 0.4) is 0 Å². The van der Waals surface area contributed by atoms with Crippen molar-refractivity contribution in [3.8, 4) is 5.75 Å². The minimum absolute atomic E-state index is 0.0102. The van der Waals surface area contributed by atoms with Crippen LogP contribution in [0.2, 0.25) is 5.02 Å². The summed E-state index contributed by atoms with van der Waals surface area (Å²) < 4.78 is 35.5. The summed E-state index contributed by atoms with van der Waals surface area (Å²) in [6.45, 7) is 0. The van der Waals surface area contributed by atoms with Crippen LogP contribution in [0.25, 0.3) is 0 Å². The summed E-state index contributed by atoms with van der Waals surface area (Å²) >= 11 is 6.07. The lowest BCUT2D eigenvalue weighted by molar-refractivity contribution is 0.371. The molecule has 1 aliphatic rings. The highest BCUT2D eigenvalue weighted by Crippen LogP contribution is 2.33. The lowest BCUT2D eigenvalue weighted by Gasteiger charge is -2.29. The number of hydrogen-bond acceptors (Lipinski definition) is 6. The zero-order valence-electron chi connectivity index (χ0n) is 14.1. The van der Waals surface area contributed by atoms with Crippen LogP contribution in [0.1, 0.15) is 5.56 Å². The summed E-state index contributed by atoms with van der Waals surface area (Å²) in [6, 6.07) is 2.85. The van der Waals surface area contributed by atoms with Gasteiger partial charge in [0, 0.05) is 36.5 Å². The van der Waals surface area contributed by atoms with E-state index >= 15 is 0 Å². The Labute approximate surface area is 153 Å². The van der Waals surface area contributed by atoms with E-state index in [-0.39, 0.29) is 28.7 Å². The number of guanidine groups is 1. The number of rotatable bonds is 4. The third-order valence-corrected chi connectivity index (χ3v) is 4.20. The molecule has 0 radical (unpaired) electrons. The number of nitrogens with zero attached hydrogens (tertiary/aromatic N) is 3. The Kier molecular flexibility index (Phi) is 4.84. The predicted molar refractivity (Wildman–Crippen MR) is 95.2 cm³/mol. The summed E-state index contributed by atoms with van der Waals surface area (Å²) in [5, 5.41) is 9.70. The molecule has 1 unspecified atom stereocenters. The van der Waals surface area contributed by atoms with E-state index in [4.69, 9.17) is 22.1 Å². The molecule has 0 saturated carbocycles. The first-order chi connectivity index (χ1) is 12.3. The van der Waals surface area contributed by atoms with Gasteiger partial charge in [-0.05, 0) is 12.1 Å². The summed E-state index contributed by atoms with van der Waals surface area (Å²) in [5.74, 6) is -1.27. The Bertz CT molecular complexity index is 897. The monoisotopic (exact) mass is 382 g/mol. The normalized spacial score (nSPS) is 19.5. The van der Waals surface area contributed by atoms with Crippen molar-refractivity contribution in [2.75, 3.05) is 12.4 Å². The molecule has 2 heterocycles. The van der Waals surface area contributed by atoms with Crippen LogP contribution in [0.4, 0.5) is 14.5 Å². The SMILES string of the molecule is COc1ccc(Cl)c(CC2(N)N=C(Nc3cnn(C)c3)NC=C2F)c1F. The first-order valence-electron chi connectivity index (χ1n) is 7.60. The molecule has 0 spiro atoms. The van der Waals surface area contributed by atoms with Crippen molar-refractivity contribution in [3.05, 3.63) is 53.0 Å². The zero-order chi connectivity index (χ0) is 18.9. The summed E-state index contributed by atoms with van der Waals surface area (Å²) in [6.07, 6.45) is 4.04. The van der Waals surface area contributed by atoms with Gasteiger partial charge in [0.2, 0.25) is 5.96 Å². The van der Waals surface area contributed by atoms with Gasteiger partial charge in [0.05, 0.1) is 19.0 Å². The number of nitrogens with two attached hydrogens (primary N) is 1. The number of aryl methyl sites for hydroxylation is 1. The second-order valence-corrected chi connectivity index (χ2v) is 6.18. The summed E-state index contributed by atoms with van der Waals surface area (Å²) in [4.78, 5) is 4.16. The summed E-state index contributed by atoms with van der Waals surface area (Å²) in [7, 11) is 3.08. The van der Waals surface area contributed by atoms with E-state index in [2.05, 4.69) is 20.7 Å². The molecule has 1 aromatic carbocycles. The second-order valence-electron chi connectivity index (χ2n) is 5.77. The number of aromatic nitrogens is 2. The molecule has 1 aliphatic heterocycles. The van der Waals surface area contributed by atoms with Gasteiger partial charge >= 0.3 is 0 Å². The molecule has 0 aliphatic carbocycles.